The molecule has 1 atom stereocenters. The van der Waals surface area contributed by atoms with Gasteiger partial charge in [0.2, 0.25) is 6.41 Å². The number of amides is 1. The van der Waals surface area contributed by atoms with Gasteiger partial charge in [-0.1, -0.05) is 16.5 Å². The fourth-order valence-electron chi connectivity index (χ4n) is 1.56. The molecule has 0 fully saturated rings. The minimum Gasteiger partial charge on any atom is -0.372 e. The van der Waals surface area contributed by atoms with E-state index in [1.165, 1.54) is 0 Å². The highest BCUT2D eigenvalue weighted by molar-refractivity contribution is 7.89. The van der Waals surface area contributed by atoms with Crippen LogP contribution in [0.1, 0.15) is 12.5 Å². The number of sulfonamides is 1. The first kappa shape index (κ1) is 25.9. The van der Waals surface area contributed by atoms with E-state index in [2.05, 4.69) is 11.6 Å². The zero-order chi connectivity index (χ0) is 22.8. The van der Waals surface area contributed by atoms with Crippen LogP contribution in [0, 0.1) is 0 Å². The van der Waals surface area contributed by atoms with Crippen LogP contribution in [0.25, 0.3) is 0 Å². The Hall–Kier alpha value is -2.07. The molecule has 1 rings (SSSR count). The van der Waals surface area contributed by atoms with Crippen LogP contribution in [-0.4, -0.2) is 37.1 Å². The van der Waals surface area contributed by atoms with E-state index >= 15 is 0 Å². The Balaban J connectivity index is 0.00000227. The first-order valence-electron chi connectivity index (χ1n) is 6.55. The molecule has 0 aliphatic rings. The van der Waals surface area contributed by atoms with Gasteiger partial charge in [0.25, 0.3) is 15.7 Å². The number of hydrazine groups is 1. The lowest BCUT2D eigenvalue weighted by atomic mass is 10.1. The van der Waals surface area contributed by atoms with Gasteiger partial charge in [-0.05, 0) is 19.1 Å². The lowest BCUT2D eigenvalue weighted by Gasteiger charge is -2.36. The smallest absolute Gasteiger partial charge is 0.372 e. The molecular weight excluding hydrogens is 437 g/mol. The minimum absolute atomic E-state index is 0.178. The Labute approximate surface area is 151 Å². The summed E-state index contributed by atoms with van der Waals surface area (Å²) in [6.07, 6.45) is -11.4. The van der Waals surface area contributed by atoms with Crippen LogP contribution in [0.4, 0.5) is 39.5 Å². The first-order chi connectivity index (χ1) is 12.3. The number of hydrogen-bond donors (Lipinski definition) is 2. The van der Waals surface area contributed by atoms with Crippen LogP contribution in [0.5, 0.6) is 0 Å². The zero-order valence-electron chi connectivity index (χ0n) is 13.5. The molecule has 1 amide bonds. The molecular formula is C12H12F9N3O3S. The molecule has 0 aliphatic heterocycles. The number of primary amides is 1. The molecule has 0 saturated heterocycles. The summed E-state index contributed by atoms with van der Waals surface area (Å²) < 4.78 is 139. The van der Waals surface area contributed by atoms with Gasteiger partial charge in [-0.2, -0.15) is 35.1 Å². The fourth-order valence-corrected chi connectivity index (χ4v) is 2.96. The van der Waals surface area contributed by atoms with E-state index in [0.29, 0.717) is 12.1 Å². The molecule has 0 saturated carbocycles. The zero-order valence-corrected chi connectivity index (χ0v) is 14.3. The standard InChI is InChI=1S/C11H9F9N2O2S.CH3NO/c1-8(12,10(16,17)18)11(19,20)22(21)25(23,24)7-5-3-2-4-6(7)9(13,14)15;2-1-3/h2-5H,21H2,1H3;1H,(H2,2,3). The van der Waals surface area contributed by atoms with Crippen molar-refractivity contribution in [2.45, 2.75) is 35.9 Å². The van der Waals surface area contributed by atoms with Crippen molar-refractivity contribution >= 4 is 16.4 Å². The van der Waals surface area contributed by atoms with Crippen molar-refractivity contribution in [1.82, 2.24) is 4.41 Å². The summed E-state index contributed by atoms with van der Waals surface area (Å²) in [5.41, 5.74) is -3.27. The second-order valence-electron chi connectivity index (χ2n) is 4.97. The lowest BCUT2D eigenvalue weighted by Crippen LogP contribution is -2.65. The molecule has 28 heavy (non-hydrogen) atoms. The van der Waals surface area contributed by atoms with E-state index in [9.17, 15) is 47.9 Å². The second kappa shape index (κ2) is 8.12. The number of nitrogens with zero attached hydrogens (tertiary/aromatic N) is 1. The number of carbonyl (C=O) groups excluding carboxylic acids is 1. The molecule has 0 spiro atoms. The molecule has 16 heteroatoms. The SMILES string of the molecule is CC(F)(C(F)(F)F)C(F)(F)N(N)S(=O)(=O)c1ccccc1C(F)(F)F.NC=O. The number of halogens is 9. The van der Waals surface area contributed by atoms with Gasteiger partial charge in [-0.3, -0.25) is 4.79 Å². The predicted octanol–water partition coefficient (Wildman–Crippen LogP) is 2.55. The number of alkyl halides is 9. The monoisotopic (exact) mass is 449 g/mol. The Bertz CT molecular complexity index is 792. The summed E-state index contributed by atoms with van der Waals surface area (Å²) in [4.78, 5) is 6.72. The topological polar surface area (TPSA) is 106 Å². The third-order valence-electron chi connectivity index (χ3n) is 3.10. The molecule has 6 nitrogen and oxygen atoms in total. The third kappa shape index (κ3) is 4.85. The second-order valence-corrected chi connectivity index (χ2v) is 6.76. The van der Waals surface area contributed by atoms with Gasteiger partial charge in [0.05, 0.1) is 10.5 Å². The predicted molar refractivity (Wildman–Crippen MR) is 75.4 cm³/mol. The number of rotatable bonds is 4. The first-order valence-corrected chi connectivity index (χ1v) is 7.99. The average molecular weight is 449 g/mol. The molecule has 0 aliphatic carbocycles. The Morgan fingerprint density at radius 1 is 0.964 bits per heavy atom. The largest absolute Gasteiger partial charge is 0.429 e. The normalized spacial score (nSPS) is 15.4. The molecule has 4 N–H and O–H groups in total. The van der Waals surface area contributed by atoms with E-state index in [0.717, 1.165) is 0 Å². The maximum absolute atomic E-state index is 13.7. The van der Waals surface area contributed by atoms with Crippen molar-refractivity contribution in [1.29, 1.82) is 0 Å². The van der Waals surface area contributed by atoms with Crippen LogP contribution in [0.3, 0.4) is 0 Å². The lowest BCUT2D eigenvalue weighted by molar-refractivity contribution is -0.322. The van der Waals surface area contributed by atoms with Crippen molar-refractivity contribution in [2.75, 3.05) is 0 Å². The molecule has 1 aromatic rings. The van der Waals surface area contributed by atoms with E-state index in [4.69, 9.17) is 4.79 Å². The minimum atomic E-state index is -6.27. The van der Waals surface area contributed by atoms with Gasteiger partial charge < -0.3 is 5.73 Å². The summed E-state index contributed by atoms with van der Waals surface area (Å²) in [5, 5.41) is 0. The summed E-state index contributed by atoms with van der Waals surface area (Å²) in [6.45, 7) is -0.696. The molecule has 162 valence electrons. The third-order valence-corrected chi connectivity index (χ3v) is 4.76. The van der Waals surface area contributed by atoms with Crippen LogP contribution in [0.2, 0.25) is 0 Å². The number of benzene rings is 1. The van der Waals surface area contributed by atoms with Gasteiger partial charge in [0.15, 0.2) is 0 Å². The van der Waals surface area contributed by atoms with Gasteiger partial charge in [-0.15, -0.1) is 0 Å². The highest BCUT2D eigenvalue weighted by Gasteiger charge is 2.72. The van der Waals surface area contributed by atoms with Crippen LogP contribution < -0.4 is 11.6 Å². The van der Waals surface area contributed by atoms with E-state index in [1.54, 1.807) is 0 Å². The highest BCUT2D eigenvalue weighted by Crippen LogP contribution is 2.47. The van der Waals surface area contributed by atoms with Gasteiger partial charge in [0, 0.05) is 0 Å². The van der Waals surface area contributed by atoms with Crippen molar-refractivity contribution in [3.8, 4) is 0 Å². The van der Waals surface area contributed by atoms with Gasteiger partial charge in [0.1, 0.15) is 0 Å². The van der Waals surface area contributed by atoms with Crippen LogP contribution in [0.15, 0.2) is 29.2 Å². The summed E-state index contributed by atoms with van der Waals surface area (Å²) in [5.74, 6) is 4.44. The quantitative estimate of drug-likeness (QED) is 0.242. The molecule has 0 bridgehead atoms. The number of nitrogens with two attached hydrogens (primary N) is 2. The Morgan fingerprint density at radius 3 is 1.71 bits per heavy atom. The van der Waals surface area contributed by atoms with Gasteiger partial charge >= 0.3 is 18.4 Å². The number of hydrogen-bond acceptors (Lipinski definition) is 4. The number of carbonyl (C=O) groups is 1. The van der Waals surface area contributed by atoms with Crippen molar-refractivity contribution in [2.24, 2.45) is 11.6 Å². The molecule has 0 heterocycles. The maximum Gasteiger partial charge on any atom is 0.429 e. The van der Waals surface area contributed by atoms with E-state index in [-0.39, 0.29) is 18.5 Å². The van der Waals surface area contributed by atoms with Crippen molar-refractivity contribution < 1.29 is 52.7 Å². The highest BCUT2D eigenvalue weighted by atomic mass is 32.2. The molecule has 1 aromatic carbocycles. The van der Waals surface area contributed by atoms with Crippen molar-refractivity contribution in [3.63, 3.8) is 0 Å². The van der Waals surface area contributed by atoms with E-state index < -0.39 is 55.9 Å². The summed E-state index contributed by atoms with van der Waals surface area (Å²) in [7, 11) is -6.05. The Kier molecular flexibility index (Phi) is 7.52. The molecule has 0 radical (unpaired) electrons. The van der Waals surface area contributed by atoms with E-state index in [1.807, 2.05) is 0 Å². The van der Waals surface area contributed by atoms with Gasteiger partial charge in [-0.25, -0.2) is 18.7 Å². The van der Waals surface area contributed by atoms with Crippen LogP contribution in [-0.2, 0) is 21.0 Å². The summed E-state index contributed by atoms with van der Waals surface area (Å²) in [6, 6.07) is -4.18. The maximum atomic E-state index is 13.7. The fraction of sp³-hybridized carbons (Fsp3) is 0.417. The summed E-state index contributed by atoms with van der Waals surface area (Å²) >= 11 is 0. The molecule has 1 unspecified atom stereocenters. The average Bonchev–Trinajstić information content (AvgIpc) is 2.52. The molecule has 0 aromatic heterocycles. The Morgan fingerprint density at radius 2 is 1.36 bits per heavy atom. The van der Waals surface area contributed by atoms with Crippen molar-refractivity contribution in [3.05, 3.63) is 29.8 Å². The van der Waals surface area contributed by atoms with Crippen LogP contribution >= 0.6 is 0 Å².